The second kappa shape index (κ2) is 6.95. The van der Waals surface area contributed by atoms with E-state index >= 15 is 0 Å². The molecule has 1 aliphatic rings. The maximum Gasteiger partial charge on any atom is 0.253 e. The van der Waals surface area contributed by atoms with Gasteiger partial charge in [-0.1, -0.05) is 19.1 Å². The molecule has 24 heavy (non-hydrogen) atoms. The van der Waals surface area contributed by atoms with Crippen molar-refractivity contribution in [2.45, 2.75) is 20.3 Å². The average Bonchev–Trinajstić information content (AvgIpc) is 2.63. The number of benzene rings is 2. The summed E-state index contributed by atoms with van der Waals surface area (Å²) in [5.41, 5.74) is 10.8. The fraction of sp³-hybridized carbons (Fsp3) is 0.350. The van der Waals surface area contributed by atoms with Gasteiger partial charge in [0.05, 0.1) is 0 Å². The number of nitrogens with two attached hydrogens (primary N) is 1. The minimum absolute atomic E-state index is 0.0964. The summed E-state index contributed by atoms with van der Waals surface area (Å²) in [7, 11) is 0. The van der Waals surface area contributed by atoms with Crippen molar-refractivity contribution in [1.29, 1.82) is 0 Å². The Bertz CT molecular complexity index is 716. The van der Waals surface area contributed by atoms with E-state index < -0.39 is 0 Å². The Morgan fingerprint density at radius 2 is 1.71 bits per heavy atom. The number of rotatable bonds is 3. The molecule has 1 fully saturated rings. The van der Waals surface area contributed by atoms with E-state index in [1.807, 2.05) is 30.0 Å². The third-order valence-corrected chi connectivity index (χ3v) is 4.79. The van der Waals surface area contributed by atoms with Gasteiger partial charge in [-0.15, -0.1) is 0 Å². The quantitative estimate of drug-likeness (QED) is 0.883. The van der Waals surface area contributed by atoms with E-state index in [-0.39, 0.29) is 5.91 Å². The van der Waals surface area contributed by atoms with Crippen LogP contribution in [0.5, 0.6) is 0 Å². The number of aryl methyl sites for hydroxylation is 2. The Balaban J connectivity index is 1.63. The van der Waals surface area contributed by atoms with Gasteiger partial charge >= 0.3 is 0 Å². The van der Waals surface area contributed by atoms with E-state index in [4.69, 9.17) is 5.73 Å². The highest BCUT2D eigenvalue weighted by Crippen LogP contribution is 2.19. The SMILES string of the molecule is CCc1ccc(N2CCN(C(=O)c3ccc(N)c(C)c3)CC2)cc1. The van der Waals surface area contributed by atoms with Gasteiger partial charge in [0.15, 0.2) is 0 Å². The highest BCUT2D eigenvalue weighted by Gasteiger charge is 2.22. The molecule has 1 saturated heterocycles. The topological polar surface area (TPSA) is 49.6 Å². The zero-order valence-corrected chi connectivity index (χ0v) is 14.5. The van der Waals surface area contributed by atoms with Crippen molar-refractivity contribution in [2.75, 3.05) is 36.8 Å². The van der Waals surface area contributed by atoms with Gasteiger partial charge in [0.1, 0.15) is 0 Å². The van der Waals surface area contributed by atoms with E-state index in [1.54, 1.807) is 0 Å². The number of nitrogen functional groups attached to an aromatic ring is 1. The zero-order valence-electron chi connectivity index (χ0n) is 14.5. The van der Waals surface area contributed by atoms with Crippen LogP contribution >= 0.6 is 0 Å². The maximum absolute atomic E-state index is 12.7. The largest absolute Gasteiger partial charge is 0.399 e. The molecule has 4 heteroatoms. The lowest BCUT2D eigenvalue weighted by Gasteiger charge is -2.36. The van der Waals surface area contributed by atoms with E-state index in [2.05, 4.69) is 36.1 Å². The van der Waals surface area contributed by atoms with Crippen LogP contribution in [0.2, 0.25) is 0 Å². The number of hydrogen-bond acceptors (Lipinski definition) is 3. The molecule has 0 aliphatic carbocycles. The first kappa shape index (κ1) is 16.4. The number of anilines is 2. The molecule has 1 heterocycles. The number of amides is 1. The summed E-state index contributed by atoms with van der Waals surface area (Å²) in [4.78, 5) is 16.9. The lowest BCUT2D eigenvalue weighted by molar-refractivity contribution is 0.0746. The summed E-state index contributed by atoms with van der Waals surface area (Å²) >= 11 is 0. The summed E-state index contributed by atoms with van der Waals surface area (Å²) in [5.74, 6) is 0.0964. The van der Waals surface area contributed by atoms with Crippen LogP contribution in [0.1, 0.15) is 28.4 Å². The molecule has 1 aliphatic heterocycles. The summed E-state index contributed by atoms with van der Waals surface area (Å²) < 4.78 is 0. The van der Waals surface area contributed by atoms with E-state index in [9.17, 15) is 4.79 Å². The Labute approximate surface area is 143 Å². The molecule has 4 nitrogen and oxygen atoms in total. The molecule has 0 atom stereocenters. The summed E-state index contributed by atoms with van der Waals surface area (Å²) in [6, 6.07) is 14.2. The standard InChI is InChI=1S/C20H25N3O/c1-3-16-4-7-18(8-5-16)22-10-12-23(13-11-22)20(24)17-6-9-19(21)15(2)14-17/h4-9,14H,3,10-13,21H2,1-2H3. The van der Waals surface area contributed by atoms with Gasteiger partial charge in [0, 0.05) is 43.1 Å². The van der Waals surface area contributed by atoms with E-state index in [0.29, 0.717) is 0 Å². The summed E-state index contributed by atoms with van der Waals surface area (Å²) in [6.45, 7) is 7.33. The molecule has 0 aromatic heterocycles. The minimum Gasteiger partial charge on any atom is -0.399 e. The molecule has 0 saturated carbocycles. The van der Waals surface area contributed by atoms with Crippen LogP contribution < -0.4 is 10.6 Å². The van der Waals surface area contributed by atoms with Crippen LogP contribution in [0.4, 0.5) is 11.4 Å². The molecule has 3 rings (SSSR count). The molecule has 126 valence electrons. The molecule has 1 amide bonds. The van der Waals surface area contributed by atoms with Crippen molar-refractivity contribution in [3.63, 3.8) is 0 Å². The fourth-order valence-corrected chi connectivity index (χ4v) is 3.10. The number of piperazine rings is 1. The molecule has 2 aromatic carbocycles. The second-order valence-electron chi connectivity index (χ2n) is 6.37. The second-order valence-corrected chi connectivity index (χ2v) is 6.37. The molecular weight excluding hydrogens is 298 g/mol. The van der Waals surface area contributed by atoms with Gasteiger partial charge in [-0.05, 0) is 54.8 Å². The first-order valence-electron chi connectivity index (χ1n) is 8.57. The lowest BCUT2D eigenvalue weighted by Crippen LogP contribution is -2.48. The van der Waals surface area contributed by atoms with Gasteiger partial charge in [-0.25, -0.2) is 0 Å². The van der Waals surface area contributed by atoms with Crippen molar-refractivity contribution in [3.8, 4) is 0 Å². The van der Waals surface area contributed by atoms with Crippen molar-refractivity contribution in [2.24, 2.45) is 0 Å². The molecule has 0 radical (unpaired) electrons. The smallest absolute Gasteiger partial charge is 0.253 e. The van der Waals surface area contributed by atoms with Gasteiger partial charge < -0.3 is 15.5 Å². The van der Waals surface area contributed by atoms with Gasteiger partial charge in [0.2, 0.25) is 0 Å². The predicted octanol–water partition coefficient (Wildman–Crippen LogP) is 3.10. The average molecular weight is 323 g/mol. The third kappa shape index (κ3) is 3.37. The number of carbonyl (C=O) groups excluding carboxylic acids is 1. The maximum atomic E-state index is 12.7. The normalized spacial score (nSPS) is 14.8. The first-order chi connectivity index (χ1) is 11.6. The summed E-state index contributed by atoms with van der Waals surface area (Å²) in [6.07, 6.45) is 1.06. The van der Waals surface area contributed by atoms with Crippen LogP contribution in [-0.2, 0) is 6.42 Å². The molecule has 2 N–H and O–H groups in total. The number of hydrogen-bond donors (Lipinski definition) is 1. The van der Waals surface area contributed by atoms with Crippen LogP contribution in [0.15, 0.2) is 42.5 Å². The molecule has 2 aromatic rings. The van der Waals surface area contributed by atoms with Crippen LogP contribution in [0, 0.1) is 6.92 Å². The van der Waals surface area contributed by atoms with Crippen molar-refractivity contribution < 1.29 is 4.79 Å². The first-order valence-corrected chi connectivity index (χ1v) is 8.57. The minimum atomic E-state index is 0.0964. The molecule has 0 bridgehead atoms. The third-order valence-electron chi connectivity index (χ3n) is 4.79. The molecular formula is C20H25N3O. The zero-order chi connectivity index (χ0) is 17.1. The molecule has 0 spiro atoms. The van der Waals surface area contributed by atoms with E-state index in [1.165, 1.54) is 11.3 Å². The van der Waals surface area contributed by atoms with Gasteiger partial charge in [-0.3, -0.25) is 4.79 Å². The Kier molecular flexibility index (Phi) is 4.74. The predicted molar refractivity (Wildman–Crippen MR) is 99.5 cm³/mol. The van der Waals surface area contributed by atoms with Gasteiger partial charge in [0.25, 0.3) is 5.91 Å². The van der Waals surface area contributed by atoms with Crippen LogP contribution in [0.25, 0.3) is 0 Å². The fourth-order valence-electron chi connectivity index (χ4n) is 3.10. The van der Waals surface area contributed by atoms with Gasteiger partial charge in [-0.2, -0.15) is 0 Å². The lowest BCUT2D eigenvalue weighted by atomic mass is 10.1. The number of nitrogens with zero attached hydrogens (tertiary/aromatic N) is 2. The van der Waals surface area contributed by atoms with Crippen molar-refractivity contribution >= 4 is 17.3 Å². The number of carbonyl (C=O) groups is 1. The van der Waals surface area contributed by atoms with Crippen LogP contribution in [0.3, 0.4) is 0 Å². The molecule has 0 unspecified atom stereocenters. The Morgan fingerprint density at radius 1 is 1.04 bits per heavy atom. The highest BCUT2D eigenvalue weighted by molar-refractivity contribution is 5.95. The van der Waals surface area contributed by atoms with Crippen molar-refractivity contribution in [3.05, 3.63) is 59.2 Å². The van der Waals surface area contributed by atoms with E-state index in [0.717, 1.165) is 49.4 Å². The monoisotopic (exact) mass is 323 g/mol. The highest BCUT2D eigenvalue weighted by atomic mass is 16.2. The Hall–Kier alpha value is -2.49. The Morgan fingerprint density at radius 3 is 2.29 bits per heavy atom. The van der Waals surface area contributed by atoms with Crippen molar-refractivity contribution in [1.82, 2.24) is 4.90 Å². The van der Waals surface area contributed by atoms with Crippen LogP contribution in [-0.4, -0.2) is 37.0 Å². The summed E-state index contributed by atoms with van der Waals surface area (Å²) in [5, 5.41) is 0.